The van der Waals surface area contributed by atoms with Crippen molar-refractivity contribution in [3.05, 3.63) is 47.9 Å². The molecule has 0 radical (unpaired) electrons. The number of anilines is 2. The first-order valence-corrected chi connectivity index (χ1v) is 8.89. The third-order valence-corrected chi connectivity index (χ3v) is 4.64. The topological polar surface area (TPSA) is 61.4 Å². The Hall–Kier alpha value is -2.47. The van der Waals surface area contributed by atoms with Crippen molar-refractivity contribution in [2.75, 3.05) is 38.0 Å². The lowest BCUT2D eigenvalue weighted by atomic mass is 10.1. The van der Waals surface area contributed by atoms with Gasteiger partial charge in [-0.2, -0.15) is 0 Å². The maximum absolute atomic E-state index is 12.5. The summed E-state index contributed by atoms with van der Waals surface area (Å²) >= 11 is 0. The lowest BCUT2D eigenvalue weighted by Gasteiger charge is -2.33. The molecule has 6 heteroatoms. The van der Waals surface area contributed by atoms with Crippen LogP contribution in [0.25, 0.3) is 0 Å². The fourth-order valence-electron chi connectivity index (χ4n) is 3.02. The standard InChI is InChI=1S/C19H25N5O/c1-3-15-7-5-6-8-16(15)22-18-14-20-17(13-21-18)19(25)24-11-9-23(4-2)10-12-24/h5-8,13-14H,3-4,9-12H2,1-2H3,(H,21,22). The van der Waals surface area contributed by atoms with Crippen molar-refractivity contribution in [2.24, 2.45) is 0 Å². The Balaban J connectivity index is 1.65. The van der Waals surface area contributed by atoms with Gasteiger partial charge in [0.2, 0.25) is 0 Å². The van der Waals surface area contributed by atoms with E-state index in [-0.39, 0.29) is 5.91 Å². The van der Waals surface area contributed by atoms with E-state index in [4.69, 9.17) is 0 Å². The number of piperazine rings is 1. The van der Waals surface area contributed by atoms with Crippen LogP contribution in [0.5, 0.6) is 0 Å². The van der Waals surface area contributed by atoms with Gasteiger partial charge >= 0.3 is 0 Å². The molecule has 1 aromatic carbocycles. The van der Waals surface area contributed by atoms with E-state index in [1.165, 1.54) is 5.56 Å². The lowest BCUT2D eigenvalue weighted by Crippen LogP contribution is -2.48. The van der Waals surface area contributed by atoms with Gasteiger partial charge in [0.1, 0.15) is 11.5 Å². The summed E-state index contributed by atoms with van der Waals surface area (Å²) in [6.07, 6.45) is 4.13. The smallest absolute Gasteiger partial charge is 0.274 e. The van der Waals surface area contributed by atoms with Crippen molar-refractivity contribution in [2.45, 2.75) is 20.3 Å². The van der Waals surface area contributed by atoms with Crippen LogP contribution in [0.15, 0.2) is 36.7 Å². The summed E-state index contributed by atoms with van der Waals surface area (Å²) in [7, 11) is 0. The van der Waals surface area contributed by atoms with Gasteiger partial charge < -0.3 is 15.1 Å². The fraction of sp³-hybridized carbons (Fsp3) is 0.421. The van der Waals surface area contributed by atoms with Crippen molar-refractivity contribution in [1.82, 2.24) is 19.8 Å². The normalized spacial score (nSPS) is 15.2. The molecule has 1 N–H and O–H groups in total. The van der Waals surface area contributed by atoms with Gasteiger partial charge in [0, 0.05) is 31.9 Å². The van der Waals surface area contributed by atoms with E-state index in [9.17, 15) is 4.79 Å². The Bertz CT molecular complexity index is 708. The molecule has 6 nitrogen and oxygen atoms in total. The largest absolute Gasteiger partial charge is 0.339 e. The molecule has 1 aromatic heterocycles. The molecule has 2 heterocycles. The van der Waals surface area contributed by atoms with Crippen LogP contribution in [0.4, 0.5) is 11.5 Å². The van der Waals surface area contributed by atoms with E-state index < -0.39 is 0 Å². The second kappa shape index (κ2) is 8.07. The number of para-hydroxylation sites is 1. The number of hydrogen-bond donors (Lipinski definition) is 1. The van der Waals surface area contributed by atoms with Crippen molar-refractivity contribution >= 4 is 17.4 Å². The number of benzene rings is 1. The molecule has 25 heavy (non-hydrogen) atoms. The molecule has 1 saturated heterocycles. The molecule has 1 fully saturated rings. The van der Waals surface area contributed by atoms with E-state index in [0.717, 1.165) is 44.8 Å². The molecule has 1 amide bonds. The van der Waals surface area contributed by atoms with Crippen LogP contribution in [0.3, 0.4) is 0 Å². The van der Waals surface area contributed by atoms with Gasteiger partial charge in [0.25, 0.3) is 5.91 Å². The van der Waals surface area contributed by atoms with Gasteiger partial charge in [-0.15, -0.1) is 0 Å². The van der Waals surface area contributed by atoms with Crippen LogP contribution in [-0.4, -0.2) is 58.4 Å². The highest BCUT2D eigenvalue weighted by molar-refractivity contribution is 5.92. The second-order valence-corrected chi connectivity index (χ2v) is 6.15. The Morgan fingerprint density at radius 2 is 1.84 bits per heavy atom. The number of rotatable bonds is 5. The minimum atomic E-state index is -0.0382. The maximum atomic E-state index is 12.5. The first-order chi connectivity index (χ1) is 12.2. The molecule has 2 aromatic rings. The maximum Gasteiger partial charge on any atom is 0.274 e. The average molecular weight is 339 g/mol. The second-order valence-electron chi connectivity index (χ2n) is 6.15. The third kappa shape index (κ3) is 4.14. The van der Waals surface area contributed by atoms with Crippen LogP contribution in [0, 0.1) is 0 Å². The number of aryl methyl sites for hydroxylation is 1. The highest BCUT2D eigenvalue weighted by Gasteiger charge is 2.22. The van der Waals surface area contributed by atoms with Gasteiger partial charge in [-0.3, -0.25) is 4.79 Å². The molecule has 132 valence electrons. The zero-order valence-corrected chi connectivity index (χ0v) is 14.9. The van der Waals surface area contributed by atoms with Gasteiger partial charge in [-0.25, -0.2) is 9.97 Å². The Kier molecular flexibility index (Phi) is 5.60. The summed E-state index contributed by atoms with van der Waals surface area (Å²) < 4.78 is 0. The monoisotopic (exact) mass is 339 g/mol. The summed E-state index contributed by atoms with van der Waals surface area (Å²) in [6.45, 7) is 8.63. The Morgan fingerprint density at radius 1 is 1.08 bits per heavy atom. The Labute approximate surface area is 148 Å². The minimum absolute atomic E-state index is 0.0382. The van der Waals surface area contributed by atoms with Gasteiger partial charge in [-0.05, 0) is 24.6 Å². The zero-order chi connectivity index (χ0) is 17.6. The predicted octanol–water partition coefficient (Wildman–Crippen LogP) is 2.56. The molecule has 3 rings (SSSR count). The third-order valence-electron chi connectivity index (χ3n) is 4.64. The fourth-order valence-corrected chi connectivity index (χ4v) is 3.02. The Morgan fingerprint density at radius 3 is 2.48 bits per heavy atom. The molecule has 0 spiro atoms. The predicted molar refractivity (Wildman–Crippen MR) is 99.2 cm³/mol. The molecule has 0 unspecified atom stereocenters. The van der Waals surface area contributed by atoms with Gasteiger partial charge in [0.15, 0.2) is 0 Å². The van der Waals surface area contributed by atoms with Crippen molar-refractivity contribution in [1.29, 1.82) is 0 Å². The van der Waals surface area contributed by atoms with Gasteiger partial charge in [-0.1, -0.05) is 32.0 Å². The number of hydrogen-bond acceptors (Lipinski definition) is 5. The summed E-state index contributed by atoms with van der Waals surface area (Å²) in [5.74, 6) is 0.608. The van der Waals surface area contributed by atoms with E-state index in [0.29, 0.717) is 11.5 Å². The number of carbonyl (C=O) groups excluding carboxylic acids is 1. The summed E-state index contributed by atoms with van der Waals surface area (Å²) in [6, 6.07) is 8.12. The van der Waals surface area contributed by atoms with Crippen LogP contribution in [-0.2, 0) is 6.42 Å². The highest BCUT2D eigenvalue weighted by Crippen LogP contribution is 2.19. The van der Waals surface area contributed by atoms with Crippen LogP contribution < -0.4 is 5.32 Å². The highest BCUT2D eigenvalue weighted by atomic mass is 16.2. The molecule has 1 aliphatic rings. The minimum Gasteiger partial charge on any atom is -0.339 e. The van der Waals surface area contributed by atoms with E-state index in [1.54, 1.807) is 12.4 Å². The van der Waals surface area contributed by atoms with Crippen LogP contribution in [0.1, 0.15) is 29.9 Å². The number of likely N-dealkylation sites (N-methyl/N-ethyl adjacent to an activating group) is 1. The molecular formula is C19H25N5O. The van der Waals surface area contributed by atoms with E-state index in [1.807, 2.05) is 23.1 Å². The number of carbonyl (C=O) groups is 1. The summed E-state index contributed by atoms with van der Waals surface area (Å²) in [5.41, 5.74) is 2.64. The number of aromatic nitrogens is 2. The first kappa shape index (κ1) is 17.4. The van der Waals surface area contributed by atoms with Crippen LogP contribution >= 0.6 is 0 Å². The first-order valence-electron chi connectivity index (χ1n) is 8.89. The lowest BCUT2D eigenvalue weighted by molar-refractivity contribution is 0.0637. The number of amides is 1. The van der Waals surface area contributed by atoms with Crippen molar-refractivity contribution in [3.63, 3.8) is 0 Å². The van der Waals surface area contributed by atoms with Crippen molar-refractivity contribution in [3.8, 4) is 0 Å². The molecule has 0 bridgehead atoms. The molecule has 0 saturated carbocycles. The zero-order valence-electron chi connectivity index (χ0n) is 14.9. The van der Waals surface area contributed by atoms with Crippen molar-refractivity contribution < 1.29 is 4.79 Å². The van der Waals surface area contributed by atoms with Crippen LogP contribution in [0.2, 0.25) is 0 Å². The quantitative estimate of drug-likeness (QED) is 0.907. The molecule has 0 atom stereocenters. The van der Waals surface area contributed by atoms with Gasteiger partial charge in [0.05, 0.1) is 12.4 Å². The average Bonchev–Trinajstić information content (AvgIpc) is 2.68. The summed E-state index contributed by atoms with van der Waals surface area (Å²) in [4.78, 5) is 25.4. The molecular weight excluding hydrogens is 314 g/mol. The SMILES string of the molecule is CCc1ccccc1Nc1cnc(C(=O)N2CCN(CC)CC2)cn1. The molecule has 0 aliphatic carbocycles. The number of nitrogens with one attached hydrogen (secondary N) is 1. The molecule has 1 aliphatic heterocycles. The summed E-state index contributed by atoms with van der Waals surface area (Å²) in [5, 5.41) is 3.28. The van der Waals surface area contributed by atoms with E-state index >= 15 is 0 Å². The number of nitrogens with zero attached hydrogens (tertiary/aromatic N) is 4. The van der Waals surface area contributed by atoms with E-state index in [2.05, 4.69) is 40.1 Å².